The Labute approximate surface area is 366 Å². The van der Waals surface area contributed by atoms with E-state index in [2.05, 4.69) is 41.4 Å². The zero-order valence-electron chi connectivity index (χ0n) is 35.7. The maximum atomic E-state index is 16.1. The fourth-order valence-electron chi connectivity index (χ4n) is 10.2. The first-order valence-electron chi connectivity index (χ1n) is 21.4. The molecule has 1 saturated carbocycles. The van der Waals surface area contributed by atoms with Gasteiger partial charge in [-0.1, -0.05) is 11.2 Å². The molecule has 19 heteroatoms. The molecule has 334 valence electrons. The molecule has 2 atom stereocenters. The predicted octanol–water partition coefficient (Wildman–Crippen LogP) is 7.30. The Kier molecular flexibility index (Phi) is 8.92. The minimum absolute atomic E-state index is 0.0342. The number of rotatable bonds is 7. The summed E-state index contributed by atoms with van der Waals surface area (Å²) in [4.78, 5) is 46.7. The Morgan fingerprint density at radius 2 is 1.72 bits per heavy atom. The summed E-state index contributed by atoms with van der Waals surface area (Å²) in [6.45, 7) is 6.82. The fourth-order valence-corrected chi connectivity index (χ4v) is 10.2. The standard InChI is InChI=1S/C46H42F4N10O5/c1-25-36-32(53-60(29-8-6-28(7-9-29)46(48,49)50)39(36)59-19-18-58(43(59)63)35-12-11-33-30(38(35)47)22-51-55(33)4)13-17-57(25)40(61)31-24-56-23-27(26-14-20-64-44(2,3)21-26)5-10-34(56)37(31)45(15-16-45)41-52-42(62)65-54-41/h5-12,18-19,22-26H,13-17,20-21H2,1-4H3,(H,52,54,62)/t25-,26-/m0/s1. The van der Waals surface area contributed by atoms with Crippen molar-refractivity contribution in [1.29, 1.82) is 0 Å². The highest BCUT2D eigenvalue weighted by atomic mass is 19.4. The number of carbonyl (C=O) groups excluding carboxylic acids is 1. The molecule has 0 spiro atoms. The summed E-state index contributed by atoms with van der Waals surface area (Å²) in [5.74, 6) is -0.952. The first-order chi connectivity index (χ1) is 31.0. The molecule has 1 amide bonds. The van der Waals surface area contributed by atoms with Crippen LogP contribution >= 0.6 is 0 Å². The number of amides is 1. The number of fused-ring (bicyclic) bond motifs is 3. The lowest BCUT2D eigenvalue weighted by Gasteiger charge is -2.35. The molecule has 3 aliphatic rings. The van der Waals surface area contributed by atoms with Gasteiger partial charge in [-0.2, -0.15) is 23.4 Å². The Morgan fingerprint density at radius 3 is 2.43 bits per heavy atom. The second-order valence-electron chi connectivity index (χ2n) is 18.0. The number of nitrogens with zero attached hydrogens (tertiary/aromatic N) is 9. The van der Waals surface area contributed by atoms with E-state index >= 15 is 9.18 Å². The van der Waals surface area contributed by atoms with Crippen LogP contribution in [-0.4, -0.2) is 72.8 Å². The number of nitrogens with one attached hydrogen (secondary N) is 1. The molecule has 2 fully saturated rings. The Bertz CT molecular complexity index is 3340. The van der Waals surface area contributed by atoms with Crippen LogP contribution in [-0.2, 0) is 29.8 Å². The predicted molar refractivity (Wildman–Crippen MR) is 227 cm³/mol. The average Bonchev–Trinajstić information content (AvgIpc) is 3.73. The summed E-state index contributed by atoms with van der Waals surface area (Å²) in [7, 11) is 1.68. The summed E-state index contributed by atoms with van der Waals surface area (Å²) in [6.07, 6.45) is 6.62. The van der Waals surface area contributed by atoms with Crippen LogP contribution in [0.2, 0.25) is 0 Å². The molecule has 8 heterocycles. The average molecular weight is 891 g/mol. The quantitative estimate of drug-likeness (QED) is 0.164. The Morgan fingerprint density at radius 1 is 0.969 bits per heavy atom. The Hall–Kier alpha value is -7.02. The van der Waals surface area contributed by atoms with Crippen LogP contribution in [0, 0.1) is 5.82 Å². The maximum absolute atomic E-state index is 16.1. The molecule has 1 saturated heterocycles. The van der Waals surface area contributed by atoms with Crippen molar-refractivity contribution < 1.29 is 31.6 Å². The van der Waals surface area contributed by atoms with E-state index in [-0.39, 0.29) is 53.0 Å². The smallest absolute Gasteiger partial charge is 0.376 e. The monoisotopic (exact) mass is 890 g/mol. The largest absolute Gasteiger partial charge is 0.438 e. The van der Waals surface area contributed by atoms with Crippen molar-refractivity contribution in [3.05, 3.63) is 146 Å². The van der Waals surface area contributed by atoms with Crippen LogP contribution in [0.1, 0.15) is 103 Å². The number of ether oxygens (including phenoxy) is 1. The lowest BCUT2D eigenvalue weighted by molar-refractivity contribution is -0.137. The van der Waals surface area contributed by atoms with Gasteiger partial charge in [0.2, 0.25) is 0 Å². The highest BCUT2D eigenvalue weighted by molar-refractivity contribution is 5.99. The molecule has 11 rings (SSSR count). The Balaban J connectivity index is 1.04. The van der Waals surface area contributed by atoms with Crippen molar-refractivity contribution in [2.45, 2.75) is 82.0 Å². The van der Waals surface area contributed by atoms with E-state index in [9.17, 15) is 22.8 Å². The lowest BCUT2D eigenvalue weighted by atomic mass is 9.84. The maximum Gasteiger partial charge on any atom is 0.438 e. The number of aryl methyl sites for hydroxylation is 1. The molecule has 1 N–H and O–H groups in total. The minimum Gasteiger partial charge on any atom is -0.376 e. The molecule has 2 aliphatic heterocycles. The molecule has 1 aliphatic carbocycles. The van der Waals surface area contributed by atoms with Gasteiger partial charge in [0, 0.05) is 62.5 Å². The highest BCUT2D eigenvalue weighted by Crippen LogP contribution is 2.55. The van der Waals surface area contributed by atoms with Crippen LogP contribution < -0.4 is 11.4 Å². The van der Waals surface area contributed by atoms with Crippen LogP contribution in [0.15, 0.2) is 93.6 Å². The van der Waals surface area contributed by atoms with Crippen molar-refractivity contribution >= 4 is 22.3 Å². The van der Waals surface area contributed by atoms with Gasteiger partial charge in [0.05, 0.1) is 67.9 Å². The summed E-state index contributed by atoms with van der Waals surface area (Å²) in [5, 5.41) is 13.3. The molecular formula is C46H42F4N10O5. The van der Waals surface area contributed by atoms with Gasteiger partial charge >= 0.3 is 17.6 Å². The topological polar surface area (TPSA) is 155 Å². The van der Waals surface area contributed by atoms with Crippen molar-refractivity contribution in [3.8, 4) is 17.2 Å². The molecule has 0 radical (unpaired) electrons. The molecule has 0 unspecified atom stereocenters. The van der Waals surface area contributed by atoms with Crippen molar-refractivity contribution in [2.24, 2.45) is 7.05 Å². The van der Waals surface area contributed by atoms with Crippen LogP contribution in [0.25, 0.3) is 33.6 Å². The van der Waals surface area contributed by atoms with Crippen LogP contribution in [0.4, 0.5) is 17.6 Å². The molecule has 65 heavy (non-hydrogen) atoms. The molecule has 15 nitrogen and oxygen atoms in total. The number of carbonyl (C=O) groups is 1. The number of benzene rings is 2. The van der Waals surface area contributed by atoms with E-state index in [4.69, 9.17) is 14.4 Å². The summed E-state index contributed by atoms with van der Waals surface area (Å²) >= 11 is 0. The molecule has 8 aromatic rings. The number of hydrogen-bond donors (Lipinski definition) is 1. The van der Waals surface area contributed by atoms with Gasteiger partial charge in [0.25, 0.3) is 5.91 Å². The minimum atomic E-state index is -4.60. The third-order valence-electron chi connectivity index (χ3n) is 13.6. The zero-order chi connectivity index (χ0) is 45.3. The fraction of sp³-hybridized carbons (Fsp3) is 0.348. The summed E-state index contributed by atoms with van der Waals surface area (Å²) in [5.41, 5.74) is 2.07. The number of pyridine rings is 1. The van der Waals surface area contributed by atoms with Crippen molar-refractivity contribution in [1.82, 2.24) is 48.1 Å². The highest BCUT2D eigenvalue weighted by Gasteiger charge is 2.53. The van der Waals surface area contributed by atoms with Gasteiger partial charge in [-0.05, 0) is 100 Å². The third kappa shape index (κ3) is 6.41. The van der Waals surface area contributed by atoms with Gasteiger partial charge in [-0.15, -0.1) is 0 Å². The number of imidazole rings is 1. The lowest BCUT2D eigenvalue weighted by Crippen LogP contribution is -2.40. The van der Waals surface area contributed by atoms with Crippen molar-refractivity contribution in [3.63, 3.8) is 0 Å². The molecular weight excluding hydrogens is 849 g/mol. The second kappa shape index (κ2) is 14.2. The van der Waals surface area contributed by atoms with E-state index in [1.54, 1.807) is 18.0 Å². The van der Waals surface area contributed by atoms with E-state index in [1.807, 2.05) is 23.6 Å². The first-order valence-corrected chi connectivity index (χ1v) is 21.4. The first kappa shape index (κ1) is 40.7. The normalized spacial score (nSPS) is 19.3. The summed E-state index contributed by atoms with van der Waals surface area (Å²) < 4.78 is 75.6. The molecule has 2 aromatic carbocycles. The van der Waals surface area contributed by atoms with Crippen LogP contribution in [0.3, 0.4) is 0 Å². The third-order valence-corrected chi connectivity index (χ3v) is 13.6. The zero-order valence-corrected chi connectivity index (χ0v) is 35.7. The van der Waals surface area contributed by atoms with E-state index in [0.717, 1.165) is 40.6 Å². The number of hydrogen-bond acceptors (Lipinski definition) is 8. The second-order valence-corrected chi connectivity index (χ2v) is 18.0. The number of halogens is 4. The molecule has 6 aromatic heterocycles. The van der Waals surface area contributed by atoms with Gasteiger partial charge in [-0.25, -0.2) is 18.7 Å². The SMILES string of the molecule is C[C@H]1c2c(nn(-c3ccc(C(F)(F)F)cc3)c2-n2ccn(-c3ccc4c(cnn4C)c3F)c2=O)CCN1C(=O)c1cn2cc([C@H]3CCOC(C)(C)C3)ccc2c1C1(c2noc(=O)[nH]2)CC1. The van der Waals surface area contributed by atoms with Crippen molar-refractivity contribution in [2.75, 3.05) is 13.2 Å². The number of aromatic nitrogens is 9. The number of alkyl halides is 3. The number of aromatic amines is 1. The molecule has 0 bridgehead atoms. The van der Waals surface area contributed by atoms with Gasteiger partial charge in [-0.3, -0.25) is 28.1 Å². The summed E-state index contributed by atoms with van der Waals surface area (Å²) in [6, 6.07) is 10.9. The van der Waals surface area contributed by atoms with E-state index in [1.165, 1.54) is 50.7 Å². The number of H-pyrrole nitrogens is 1. The van der Waals surface area contributed by atoms with E-state index < -0.39 is 40.5 Å². The van der Waals surface area contributed by atoms with Gasteiger partial charge in [0.15, 0.2) is 11.6 Å². The van der Waals surface area contributed by atoms with Crippen LogP contribution in [0.5, 0.6) is 0 Å². The van der Waals surface area contributed by atoms with Gasteiger partial charge < -0.3 is 14.0 Å². The van der Waals surface area contributed by atoms with Gasteiger partial charge in [0.1, 0.15) is 5.82 Å². The van der Waals surface area contributed by atoms with E-state index in [0.29, 0.717) is 53.2 Å².